The first-order valence-electron chi connectivity index (χ1n) is 11.9. The van der Waals surface area contributed by atoms with E-state index >= 15 is 0 Å². The molecule has 1 fully saturated rings. The highest BCUT2D eigenvalue weighted by atomic mass is 35.5. The zero-order chi connectivity index (χ0) is 25.5. The molecule has 0 aliphatic carbocycles. The van der Waals surface area contributed by atoms with Gasteiger partial charge in [0.05, 0.1) is 28.7 Å². The molecule has 10 nitrogen and oxygen atoms in total. The maximum atomic E-state index is 11.8. The number of anilines is 1. The van der Waals surface area contributed by atoms with Gasteiger partial charge in [-0.1, -0.05) is 11.6 Å². The summed E-state index contributed by atoms with van der Waals surface area (Å²) in [5, 5.41) is 6.36. The van der Waals surface area contributed by atoms with Gasteiger partial charge in [-0.15, -0.1) is 0 Å². The summed E-state index contributed by atoms with van der Waals surface area (Å²) in [5.74, 6) is 2.00. The van der Waals surface area contributed by atoms with Crippen LogP contribution in [0.1, 0.15) is 6.92 Å². The Hall–Kier alpha value is -3.34. The van der Waals surface area contributed by atoms with Gasteiger partial charge in [0.15, 0.2) is 11.5 Å². The van der Waals surface area contributed by atoms with Crippen molar-refractivity contribution in [1.29, 1.82) is 0 Å². The maximum Gasteiger partial charge on any atom is 0.319 e. The van der Waals surface area contributed by atoms with Crippen molar-refractivity contribution >= 4 is 34.2 Å². The molecule has 0 radical (unpaired) electrons. The van der Waals surface area contributed by atoms with Crippen LogP contribution in [0.3, 0.4) is 0 Å². The average molecular weight is 515 g/mol. The monoisotopic (exact) mass is 514 g/mol. The number of amides is 2. The molecule has 36 heavy (non-hydrogen) atoms. The largest absolute Gasteiger partial charge is 0.493 e. The Morgan fingerprint density at radius 1 is 1.11 bits per heavy atom. The Kier molecular flexibility index (Phi) is 8.63. The molecule has 3 aromatic rings. The van der Waals surface area contributed by atoms with E-state index in [2.05, 4.69) is 37.4 Å². The molecule has 192 valence electrons. The fourth-order valence-electron chi connectivity index (χ4n) is 3.85. The predicted octanol–water partition coefficient (Wildman–Crippen LogP) is 3.85. The van der Waals surface area contributed by atoms with Gasteiger partial charge >= 0.3 is 6.03 Å². The van der Waals surface area contributed by atoms with E-state index in [0.29, 0.717) is 57.9 Å². The molecule has 2 aromatic carbocycles. The number of urea groups is 1. The third-order valence-corrected chi connectivity index (χ3v) is 6.20. The van der Waals surface area contributed by atoms with Crippen LogP contribution >= 0.6 is 11.6 Å². The molecule has 1 aliphatic rings. The molecule has 4 rings (SSSR count). The van der Waals surface area contributed by atoms with Crippen LogP contribution in [0.2, 0.25) is 5.02 Å². The summed E-state index contributed by atoms with van der Waals surface area (Å²) < 4.78 is 17.7. The second kappa shape index (κ2) is 12.1. The predicted molar refractivity (Wildman–Crippen MR) is 140 cm³/mol. The van der Waals surface area contributed by atoms with Gasteiger partial charge in [0.1, 0.15) is 18.7 Å². The number of ether oxygens (including phenoxy) is 3. The van der Waals surface area contributed by atoms with E-state index in [1.165, 1.54) is 6.33 Å². The third-order valence-electron chi connectivity index (χ3n) is 5.89. The van der Waals surface area contributed by atoms with Crippen molar-refractivity contribution in [2.75, 3.05) is 65.3 Å². The van der Waals surface area contributed by atoms with E-state index in [1.54, 1.807) is 25.3 Å². The summed E-state index contributed by atoms with van der Waals surface area (Å²) in [7, 11) is 3.74. The molecule has 0 saturated carbocycles. The molecule has 1 aromatic heterocycles. The summed E-state index contributed by atoms with van der Waals surface area (Å²) in [6, 6.07) is 8.30. The first-order valence-corrected chi connectivity index (χ1v) is 12.2. The lowest BCUT2D eigenvalue weighted by molar-refractivity contribution is 0.133. The van der Waals surface area contributed by atoms with Crippen molar-refractivity contribution in [1.82, 2.24) is 25.1 Å². The summed E-state index contributed by atoms with van der Waals surface area (Å²) in [6.07, 6.45) is 1.44. The number of halogens is 1. The average Bonchev–Trinajstić information content (AvgIpc) is 2.87. The van der Waals surface area contributed by atoms with E-state index < -0.39 is 0 Å². The first kappa shape index (κ1) is 25.7. The van der Waals surface area contributed by atoms with Gasteiger partial charge in [0, 0.05) is 51.4 Å². The molecule has 0 atom stereocenters. The molecule has 0 unspecified atom stereocenters. The standard InChI is InChI=1S/C25H31ClN6O4/c1-4-27-25(33)30-20-6-5-17(13-19(20)26)36-24-18-14-22(34-3)23(15-21(18)28-16-29-24)35-12-11-32-9-7-31(2)8-10-32/h5-6,13-16H,4,7-12H2,1-3H3,(H2,27,30,33). The lowest BCUT2D eigenvalue weighted by atomic mass is 10.2. The number of carbonyl (C=O) groups is 1. The molecular formula is C25H31ClN6O4. The fraction of sp³-hybridized carbons (Fsp3) is 0.400. The first-order chi connectivity index (χ1) is 17.5. The topological polar surface area (TPSA) is 101 Å². The van der Waals surface area contributed by atoms with Gasteiger partial charge in [-0.25, -0.2) is 14.8 Å². The quantitative estimate of drug-likeness (QED) is 0.444. The number of nitrogens with zero attached hydrogens (tertiary/aromatic N) is 4. The minimum atomic E-state index is -0.330. The highest BCUT2D eigenvalue weighted by Gasteiger charge is 2.16. The van der Waals surface area contributed by atoms with Crippen LogP contribution in [-0.2, 0) is 0 Å². The number of aromatic nitrogens is 2. The number of likely N-dealkylation sites (N-methyl/N-ethyl adjacent to an activating group) is 1. The lowest BCUT2D eigenvalue weighted by Gasteiger charge is -2.32. The molecule has 2 N–H and O–H groups in total. The molecule has 2 heterocycles. The van der Waals surface area contributed by atoms with Crippen molar-refractivity contribution in [3.8, 4) is 23.1 Å². The molecule has 0 spiro atoms. The highest BCUT2D eigenvalue weighted by molar-refractivity contribution is 6.33. The van der Waals surface area contributed by atoms with E-state index in [9.17, 15) is 4.79 Å². The Morgan fingerprint density at radius 2 is 1.92 bits per heavy atom. The van der Waals surface area contributed by atoms with Gasteiger partial charge in [0.25, 0.3) is 0 Å². The highest BCUT2D eigenvalue weighted by Crippen LogP contribution is 2.37. The second-order valence-electron chi connectivity index (χ2n) is 8.42. The number of benzene rings is 2. The van der Waals surface area contributed by atoms with Crippen LogP contribution in [0.4, 0.5) is 10.5 Å². The summed E-state index contributed by atoms with van der Waals surface area (Å²) in [5.41, 5.74) is 1.14. The molecule has 0 bridgehead atoms. The minimum Gasteiger partial charge on any atom is -0.493 e. The number of piperazine rings is 1. The molecule has 1 saturated heterocycles. The maximum absolute atomic E-state index is 11.8. The van der Waals surface area contributed by atoms with E-state index in [-0.39, 0.29) is 6.03 Å². The Bertz CT molecular complexity index is 1200. The van der Waals surface area contributed by atoms with Crippen LogP contribution in [0, 0.1) is 0 Å². The fourth-order valence-corrected chi connectivity index (χ4v) is 4.07. The van der Waals surface area contributed by atoms with Crippen molar-refractivity contribution in [2.24, 2.45) is 0 Å². The normalized spacial score (nSPS) is 14.4. The van der Waals surface area contributed by atoms with Crippen LogP contribution in [-0.4, -0.2) is 85.8 Å². The Balaban J connectivity index is 1.47. The Morgan fingerprint density at radius 3 is 2.64 bits per heavy atom. The number of carbonyl (C=O) groups excluding carboxylic acids is 1. The summed E-state index contributed by atoms with van der Waals surface area (Å²) in [4.78, 5) is 25.2. The van der Waals surface area contributed by atoms with Gasteiger partial charge < -0.3 is 29.7 Å². The lowest BCUT2D eigenvalue weighted by Crippen LogP contribution is -2.45. The van der Waals surface area contributed by atoms with Crippen LogP contribution < -0.4 is 24.8 Å². The molecular weight excluding hydrogens is 484 g/mol. The van der Waals surface area contributed by atoms with Crippen LogP contribution in [0.5, 0.6) is 23.1 Å². The summed E-state index contributed by atoms with van der Waals surface area (Å²) in [6.45, 7) is 7.95. The Labute approximate surface area is 215 Å². The second-order valence-corrected chi connectivity index (χ2v) is 8.83. The van der Waals surface area contributed by atoms with E-state index in [1.807, 2.05) is 19.1 Å². The smallest absolute Gasteiger partial charge is 0.319 e. The number of rotatable bonds is 9. The van der Waals surface area contributed by atoms with Crippen LogP contribution in [0.25, 0.3) is 10.9 Å². The zero-order valence-corrected chi connectivity index (χ0v) is 21.5. The zero-order valence-electron chi connectivity index (χ0n) is 20.7. The number of methoxy groups -OCH3 is 1. The SMILES string of the molecule is CCNC(=O)Nc1ccc(Oc2ncnc3cc(OCCN4CCN(C)CC4)c(OC)cc23)cc1Cl. The third kappa shape index (κ3) is 6.45. The molecule has 2 amide bonds. The van der Waals surface area contributed by atoms with E-state index in [0.717, 1.165) is 32.7 Å². The summed E-state index contributed by atoms with van der Waals surface area (Å²) >= 11 is 6.34. The molecule has 1 aliphatic heterocycles. The van der Waals surface area contributed by atoms with Gasteiger partial charge in [-0.3, -0.25) is 4.90 Å². The van der Waals surface area contributed by atoms with Crippen LogP contribution in [0.15, 0.2) is 36.7 Å². The van der Waals surface area contributed by atoms with Crippen molar-refractivity contribution < 1.29 is 19.0 Å². The number of fused-ring (bicyclic) bond motifs is 1. The number of hydrogen-bond acceptors (Lipinski definition) is 8. The van der Waals surface area contributed by atoms with E-state index in [4.69, 9.17) is 25.8 Å². The van der Waals surface area contributed by atoms with Gasteiger partial charge in [-0.2, -0.15) is 0 Å². The van der Waals surface area contributed by atoms with Gasteiger partial charge in [-0.05, 0) is 32.2 Å². The number of hydrogen-bond donors (Lipinski definition) is 2. The van der Waals surface area contributed by atoms with Gasteiger partial charge in [0.2, 0.25) is 5.88 Å². The number of nitrogens with one attached hydrogen (secondary N) is 2. The van der Waals surface area contributed by atoms with Crippen molar-refractivity contribution in [3.05, 3.63) is 41.7 Å². The van der Waals surface area contributed by atoms with Crippen molar-refractivity contribution in [2.45, 2.75) is 6.92 Å². The minimum absolute atomic E-state index is 0.330. The van der Waals surface area contributed by atoms with Crippen molar-refractivity contribution in [3.63, 3.8) is 0 Å². The molecule has 11 heteroatoms.